The standard InChI is InChI=1S/C22H24N4O3/c27-18-10-19-20(28)25(11-16-6-2-1-3-7-16)21(29)22(26(19)13-18)14-24(15-22)12-17-8-4-5-9-23-17/h1-9,18-19,27H,10-15H2. The van der Waals surface area contributed by atoms with Gasteiger partial charge in [0.25, 0.3) is 5.91 Å². The largest absolute Gasteiger partial charge is 0.392 e. The molecule has 3 fully saturated rings. The highest BCUT2D eigenvalue weighted by molar-refractivity contribution is 6.06. The number of amides is 2. The van der Waals surface area contributed by atoms with E-state index in [1.54, 1.807) is 6.20 Å². The summed E-state index contributed by atoms with van der Waals surface area (Å²) in [6, 6.07) is 15.0. The molecule has 0 bridgehead atoms. The van der Waals surface area contributed by atoms with Crippen molar-refractivity contribution >= 4 is 11.8 Å². The predicted molar refractivity (Wildman–Crippen MR) is 105 cm³/mol. The van der Waals surface area contributed by atoms with Gasteiger partial charge in [0.2, 0.25) is 5.91 Å². The van der Waals surface area contributed by atoms with E-state index in [9.17, 15) is 14.7 Å². The smallest absolute Gasteiger partial charge is 0.252 e. The number of carbonyl (C=O) groups is 2. The normalized spacial score (nSPS) is 26.6. The van der Waals surface area contributed by atoms with Crippen molar-refractivity contribution < 1.29 is 14.7 Å². The summed E-state index contributed by atoms with van der Waals surface area (Å²) in [5, 5.41) is 10.2. The molecule has 5 rings (SSSR count). The van der Waals surface area contributed by atoms with E-state index in [1.165, 1.54) is 4.90 Å². The van der Waals surface area contributed by atoms with Crippen molar-refractivity contribution in [3.8, 4) is 0 Å². The number of carbonyl (C=O) groups excluding carboxylic acids is 2. The number of fused-ring (bicyclic) bond motifs is 2. The number of piperazine rings is 1. The van der Waals surface area contributed by atoms with Gasteiger partial charge in [0.05, 0.1) is 24.4 Å². The van der Waals surface area contributed by atoms with Crippen LogP contribution < -0.4 is 0 Å². The quantitative estimate of drug-likeness (QED) is 0.770. The number of rotatable bonds is 4. The van der Waals surface area contributed by atoms with Crippen LogP contribution in [0.15, 0.2) is 54.7 Å². The van der Waals surface area contributed by atoms with Crippen molar-refractivity contribution in [2.75, 3.05) is 19.6 Å². The minimum atomic E-state index is -0.736. The second-order valence-electron chi connectivity index (χ2n) is 8.27. The van der Waals surface area contributed by atoms with Crippen molar-refractivity contribution in [3.05, 3.63) is 66.0 Å². The Balaban J connectivity index is 1.40. The van der Waals surface area contributed by atoms with Crippen LogP contribution >= 0.6 is 0 Å². The molecule has 29 heavy (non-hydrogen) atoms. The van der Waals surface area contributed by atoms with E-state index in [-0.39, 0.29) is 18.4 Å². The maximum Gasteiger partial charge on any atom is 0.252 e. The molecule has 4 heterocycles. The van der Waals surface area contributed by atoms with Gasteiger partial charge in [-0.15, -0.1) is 0 Å². The lowest BCUT2D eigenvalue weighted by atomic mass is 9.82. The van der Waals surface area contributed by atoms with Crippen LogP contribution in [0.4, 0.5) is 0 Å². The number of β-amino-alcohol motifs (C(OH)–C–C–N with tert-alkyl or cyclic N) is 1. The number of hydrogen-bond donors (Lipinski definition) is 1. The summed E-state index contributed by atoms with van der Waals surface area (Å²) >= 11 is 0. The predicted octanol–water partition coefficient (Wildman–Crippen LogP) is 0.640. The van der Waals surface area contributed by atoms with Crippen LogP contribution in [-0.2, 0) is 22.7 Å². The molecule has 2 unspecified atom stereocenters. The Labute approximate surface area is 169 Å². The second-order valence-corrected chi connectivity index (χ2v) is 8.27. The average Bonchev–Trinajstić information content (AvgIpc) is 3.10. The third-order valence-electron chi connectivity index (χ3n) is 6.29. The molecule has 0 aliphatic carbocycles. The number of aromatic nitrogens is 1. The summed E-state index contributed by atoms with van der Waals surface area (Å²) in [5.41, 5.74) is 1.15. The minimum absolute atomic E-state index is 0.144. The van der Waals surface area contributed by atoms with Crippen LogP contribution in [0.1, 0.15) is 17.7 Å². The fourth-order valence-corrected chi connectivity index (χ4v) is 4.93. The number of aliphatic hydroxyl groups is 1. The van der Waals surface area contributed by atoms with E-state index in [0.29, 0.717) is 32.6 Å². The number of benzene rings is 1. The number of pyridine rings is 1. The molecule has 3 saturated heterocycles. The highest BCUT2D eigenvalue weighted by Crippen LogP contribution is 2.41. The second kappa shape index (κ2) is 7.02. The summed E-state index contributed by atoms with van der Waals surface area (Å²) in [5.74, 6) is -0.335. The van der Waals surface area contributed by atoms with E-state index in [2.05, 4.69) is 9.88 Å². The van der Waals surface area contributed by atoms with Crippen LogP contribution in [0.3, 0.4) is 0 Å². The van der Waals surface area contributed by atoms with Crippen LogP contribution in [0.2, 0.25) is 0 Å². The monoisotopic (exact) mass is 392 g/mol. The molecule has 1 spiro atoms. The van der Waals surface area contributed by atoms with Crippen molar-refractivity contribution in [1.29, 1.82) is 0 Å². The Kier molecular flexibility index (Phi) is 4.46. The number of nitrogens with zero attached hydrogens (tertiary/aromatic N) is 4. The van der Waals surface area contributed by atoms with Gasteiger partial charge in [0.1, 0.15) is 5.54 Å². The molecule has 1 aromatic carbocycles. The Hall–Kier alpha value is -2.61. The topological polar surface area (TPSA) is 77.0 Å². The van der Waals surface area contributed by atoms with Crippen molar-refractivity contribution in [1.82, 2.24) is 19.7 Å². The van der Waals surface area contributed by atoms with Gasteiger partial charge >= 0.3 is 0 Å². The summed E-state index contributed by atoms with van der Waals surface area (Å²) in [4.78, 5) is 36.5. The molecule has 2 atom stereocenters. The first-order valence-corrected chi connectivity index (χ1v) is 10.0. The van der Waals surface area contributed by atoms with Gasteiger partial charge < -0.3 is 5.11 Å². The third kappa shape index (κ3) is 3.06. The van der Waals surface area contributed by atoms with Gasteiger partial charge in [-0.1, -0.05) is 36.4 Å². The Bertz CT molecular complexity index is 914. The Morgan fingerprint density at radius 3 is 2.52 bits per heavy atom. The third-order valence-corrected chi connectivity index (χ3v) is 6.29. The first kappa shape index (κ1) is 18.4. The molecule has 2 amide bonds. The summed E-state index contributed by atoms with van der Waals surface area (Å²) in [6.07, 6.45) is 1.58. The number of hydrogen-bond acceptors (Lipinski definition) is 6. The molecule has 2 aromatic rings. The van der Waals surface area contributed by atoms with Crippen molar-refractivity contribution in [3.63, 3.8) is 0 Å². The summed E-state index contributed by atoms with van der Waals surface area (Å²) in [7, 11) is 0. The highest BCUT2D eigenvalue weighted by Gasteiger charge is 2.64. The van der Waals surface area contributed by atoms with Crippen molar-refractivity contribution in [2.45, 2.75) is 37.2 Å². The van der Waals surface area contributed by atoms with Gasteiger partial charge in [-0.3, -0.25) is 29.3 Å². The maximum atomic E-state index is 13.5. The SMILES string of the molecule is O=C1C2CC(O)CN2C2(CN(Cc3ccccn3)C2)C(=O)N1Cc1ccccc1. The van der Waals surface area contributed by atoms with Gasteiger partial charge in [0, 0.05) is 32.4 Å². The Morgan fingerprint density at radius 2 is 1.79 bits per heavy atom. The van der Waals surface area contributed by atoms with Crippen LogP contribution in [0, 0.1) is 0 Å². The minimum Gasteiger partial charge on any atom is -0.392 e. The molecule has 3 aliphatic heterocycles. The first-order chi connectivity index (χ1) is 14.1. The fraction of sp³-hybridized carbons (Fsp3) is 0.409. The van der Waals surface area contributed by atoms with Crippen LogP contribution in [0.25, 0.3) is 0 Å². The van der Waals surface area contributed by atoms with E-state index in [0.717, 1.165) is 11.3 Å². The molecule has 7 heteroatoms. The zero-order valence-electron chi connectivity index (χ0n) is 16.1. The zero-order chi connectivity index (χ0) is 20.0. The highest BCUT2D eigenvalue weighted by atomic mass is 16.3. The molecule has 3 aliphatic rings. The Morgan fingerprint density at radius 1 is 1.03 bits per heavy atom. The summed E-state index contributed by atoms with van der Waals surface area (Å²) < 4.78 is 0. The molecular weight excluding hydrogens is 368 g/mol. The number of aliphatic hydroxyl groups excluding tert-OH is 1. The van der Waals surface area contributed by atoms with E-state index < -0.39 is 17.7 Å². The molecule has 0 saturated carbocycles. The molecule has 0 radical (unpaired) electrons. The average molecular weight is 392 g/mol. The molecule has 1 N–H and O–H groups in total. The lowest BCUT2D eigenvalue weighted by Gasteiger charge is -2.58. The first-order valence-electron chi connectivity index (χ1n) is 10.0. The maximum absolute atomic E-state index is 13.5. The van der Waals surface area contributed by atoms with Gasteiger partial charge in [0.15, 0.2) is 0 Å². The van der Waals surface area contributed by atoms with E-state index >= 15 is 0 Å². The molecule has 7 nitrogen and oxygen atoms in total. The van der Waals surface area contributed by atoms with Gasteiger partial charge in [-0.05, 0) is 24.1 Å². The number of likely N-dealkylation sites (tertiary alicyclic amines) is 1. The molecular formula is C22H24N4O3. The van der Waals surface area contributed by atoms with E-state index in [1.807, 2.05) is 53.4 Å². The molecule has 1 aromatic heterocycles. The lowest BCUT2D eigenvalue weighted by Crippen LogP contribution is -2.81. The summed E-state index contributed by atoms with van der Waals surface area (Å²) in [6.45, 7) is 2.41. The lowest BCUT2D eigenvalue weighted by molar-refractivity contribution is -0.181. The molecule has 150 valence electrons. The van der Waals surface area contributed by atoms with Crippen LogP contribution in [-0.4, -0.2) is 73.9 Å². The van der Waals surface area contributed by atoms with Crippen molar-refractivity contribution in [2.24, 2.45) is 0 Å². The fourth-order valence-electron chi connectivity index (χ4n) is 4.93. The van der Waals surface area contributed by atoms with Crippen LogP contribution in [0.5, 0.6) is 0 Å². The van der Waals surface area contributed by atoms with Gasteiger partial charge in [-0.2, -0.15) is 0 Å². The van der Waals surface area contributed by atoms with E-state index in [4.69, 9.17) is 0 Å². The number of imide groups is 1. The van der Waals surface area contributed by atoms with Gasteiger partial charge in [-0.25, -0.2) is 0 Å². The zero-order valence-corrected chi connectivity index (χ0v) is 16.1.